The minimum atomic E-state index is -0.386. The molecular formula is C9H17NO3. The molecule has 0 aromatic rings. The lowest BCUT2D eigenvalue weighted by Gasteiger charge is -2.23. The summed E-state index contributed by atoms with van der Waals surface area (Å²) in [6, 6.07) is 0.257. The van der Waals surface area contributed by atoms with Crippen LogP contribution in [-0.2, 0) is 9.53 Å². The van der Waals surface area contributed by atoms with Crippen molar-refractivity contribution in [3.8, 4) is 0 Å². The Kier molecular flexibility index (Phi) is 5.97. The number of ether oxygens (including phenoxy) is 1. The zero-order valence-electron chi connectivity index (χ0n) is 8.36. The van der Waals surface area contributed by atoms with Crippen LogP contribution in [-0.4, -0.2) is 42.3 Å². The molecule has 0 spiro atoms. The summed E-state index contributed by atoms with van der Waals surface area (Å²) in [5, 5.41) is 8.72. The molecule has 0 aromatic carbocycles. The van der Waals surface area contributed by atoms with Gasteiger partial charge in [0.1, 0.15) is 0 Å². The quantitative estimate of drug-likeness (QED) is 0.499. The van der Waals surface area contributed by atoms with Crippen LogP contribution in [0.4, 0.5) is 0 Å². The third-order valence-corrected chi connectivity index (χ3v) is 1.62. The van der Waals surface area contributed by atoms with Crippen LogP contribution in [0.5, 0.6) is 0 Å². The molecule has 76 valence electrons. The Morgan fingerprint density at radius 3 is 2.62 bits per heavy atom. The van der Waals surface area contributed by atoms with Crippen molar-refractivity contribution in [2.75, 3.05) is 20.3 Å². The number of methoxy groups -OCH3 is 1. The third-order valence-electron chi connectivity index (χ3n) is 1.62. The highest BCUT2D eigenvalue weighted by atomic mass is 16.5. The molecule has 0 amide bonds. The highest BCUT2D eigenvalue weighted by molar-refractivity contribution is 5.81. The first-order valence-corrected chi connectivity index (χ1v) is 4.24. The van der Waals surface area contributed by atoms with Gasteiger partial charge in [0.05, 0.1) is 13.7 Å². The number of hydrogen-bond donors (Lipinski definition) is 1. The van der Waals surface area contributed by atoms with Crippen molar-refractivity contribution in [2.24, 2.45) is 0 Å². The number of aliphatic hydroxyl groups excluding tert-OH is 1. The van der Waals surface area contributed by atoms with E-state index >= 15 is 0 Å². The summed E-state index contributed by atoms with van der Waals surface area (Å²) in [5.74, 6) is -0.386. The molecular weight excluding hydrogens is 170 g/mol. The van der Waals surface area contributed by atoms with Crippen molar-refractivity contribution >= 4 is 5.97 Å². The van der Waals surface area contributed by atoms with Gasteiger partial charge in [-0.15, -0.1) is 0 Å². The Hall–Kier alpha value is -1.03. The Balaban J connectivity index is 4.08. The molecule has 4 nitrogen and oxygen atoms in total. The summed E-state index contributed by atoms with van der Waals surface area (Å²) in [6.45, 7) is 4.56. The van der Waals surface area contributed by atoms with Gasteiger partial charge in [0, 0.05) is 24.9 Å². The minimum absolute atomic E-state index is 0.0731. The molecule has 0 unspecified atom stereocenters. The van der Waals surface area contributed by atoms with Gasteiger partial charge in [-0.05, 0) is 13.8 Å². The molecule has 1 N–H and O–H groups in total. The topological polar surface area (TPSA) is 49.8 Å². The fourth-order valence-corrected chi connectivity index (χ4v) is 0.845. The van der Waals surface area contributed by atoms with Gasteiger partial charge in [0.25, 0.3) is 0 Å². The highest BCUT2D eigenvalue weighted by Gasteiger charge is 2.03. The van der Waals surface area contributed by atoms with E-state index in [1.165, 1.54) is 13.2 Å². The predicted octanol–water partition coefficient (Wildman–Crippen LogP) is 0.376. The first kappa shape index (κ1) is 12.0. The second kappa shape index (κ2) is 6.48. The number of carbonyl (C=O) groups excluding carboxylic acids is 1. The lowest BCUT2D eigenvalue weighted by atomic mass is 10.3. The second-order valence-electron chi connectivity index (χ2n) is 2.89. The van der Waals surface area contributed by atoms with Gasteiger partial charge in [-0.2, -0.15) is 0 Å². The van der Waals surface area contributed by atoms with E-state index in [9.17, 15) is 4.79 Å². The van der Waals surface area contributed by atoms with E-state index in [1.807, 2.05) is 18.7 Å². The molecule has 0 aromatic heterocycles. The van der Waals surface area contributed by atoms with Crippen molar-refractivity contribution in [3.05, 3.63) is 12.3 Å². The van der Waals surface area contributed by atoms with E-state index in [-0.39, 0.29) is 18.6 Å². The van der Waals surface area contributed by atoms with Gasteiger partial charge in [-0.25, -0.2) is 4.79 Å². The van der Waals surface area contributed by atoms with Gasteiger partial charge in [0.15, 0.2) is 0 Å². The molecule has 0 fully saturated rings. The Labute approximate surface area is 78.8 Å². The van der Waals surface area contributed by atoms with E-state index in [2.05, 4.69) is 4.74 Å². The molecule has 0 heterocycles. The first-order valence-electron chi connectivity index (χ1n) is 4.24. The molecule has 0 bridgehead atoms. The summed E-state index contributed by atoms with van der Waals surface area (Å²) in [6.07, 6.45) is 2.97. The predicted molar refractivity (Wildman–Crippen MR) is 50.1 cm³/mol. The van der Waals surface area contributed by atoms with Crippen molar-refractivity contribution in [1.29, 1.82) is 0 Å². The second-order valence-corrected chi connectivity index (χ2v) is 2.89. The Morgan fingerprint density at radius 2 is 2.23 bits per heavy atom. The standard InChI is InChI=1S/C9H17NO3/c1-8(2)10(6-7-11)5-4-9(12)13-3/h4-5,8,11H,6-7H2,1-3H3. The normalized spacial score (nSPS) is 10.8. The van der Waals surface area contributed by atoms with Gasteiger partial charge in [-0.3, -0.25) is 0 Å². The highest BCUT2D eigenvalue weighted by Crippen LogP contribution is 1.98. The van der Waals surface area contributed by atoms with Gasteiger partial charge >= 0.3 is 5.97 Å². The summed E-state index contributed by atoms with van der Waals surface area (Å²) >= 11 is 0. The van der Waals surface area contributed by atoms with Crippen LogP contribution in [0, 0.1) is 0 Å². The third kappa shape index (κ3) is 5.25. The van der Waals surface area contributed by atoms with Crippen LogP contribution in [0.1, 0.15) is 13.8 Å². The van der Waals surface area contributed by atoms with Gasteiger partial charge < -0.3 is 14.7 Å². The maximum atomic E-state index is 10.7. The van der Waals surface area contributed by atoms with E-state index in [1.54, 1.807) is 6.20 Å². The molecule has 0 atom stereocenters. The number of rotatable bonds is 5. The maximum absolute atomic E-state index is 10.7. The molecule has 0 saturated heterocycles. The van der Waals surface area contributed by atoms with Gasteiger partial charge in [0.2, 0.25) is 0 Å². The van der Waals surface area contributed by atoms with E-state index in [0.717, 1.165) is 0 Å². The molecule has 0 rings (SSSR count). The Bertz CT molecular complexity index is 178. The molecule has 4 heteroatoms. The average Bonchev–Trinajstić information content (AvgIpc) is 2.11. The molecule has 0 aliphatic heterocycles. The number of carbonyl (C=O) groups is 1. The lowest BCUT2D eigenvalue weighted by molar-refractivity contribution is -0.134. The van der Waals surface area contributed by atoms with Crippen molar-refractivity contribution in [1.82, 2.24) is 4.90 Å². The van der Waals surface area contributed by atoms with E-state index < -0.39 is 0 Å². The molecule has 0 aliphatic carbocycles. The number of esters is 1. The SMILES string of the molecule is COC(=O)C=CN(CCO)C(C)C. The zero-order valence-corrected chi connectivity index (χ0v) is 8.36. The fourth-order valence-electron chi connectivity index (χ4n) is 0.845. The lowest BCUT2D eigenvalue weighted by Crippen LogP contribution is -2.28. The monoisotopic (exact) mass is 187 g/mol. The van der Waals surface area contributed by atoms with Crippen LogP contribution >= 0.6 is 0 Å². The molecule has 0 aliphatic rings. The number of nitrogens with zero attached hydrogens (tertiary/aromatic N) is 1. The molecule has 0 saturated carbocycles. The fraction of sp³-hybridized carbons (Fsp3) is 0.667. The number of hydrogen-bond acceptors (Lipinski definition) is 4. The number of aliphatic hydroxyl groups is 1. The smallest absolute Gasteiger partial charge is 0.331 e. The van der Waals surface area contributed by atoms with Crippen LogP contribution in [0.3, 0.4) is 0 Å². The Morgan fingerprint density at radius 1 is 1.62 bits per heavy atom. The van der Waals surface area contributed by atoms with Crippen LogP contribution in [0.2, 0.25) is 0 Å². The van der Waals surface area contributed by atoms with Crippen LogP contribution < -0.4 is 0 Å². The molecule has 13 heavy (non-hydrogen) atoms. The summed E-state index contributed by atoms with van der Waals surface area (Å²) in [7, 11) is 1.33. The van der Waals surface area contributed by atoms with Crippen molar-refractivity contribution < 1.29 is 14.6 Å². The molecule has 0 radical (unpaired) electrons. The maximum Gasteiger partial charge on any atom is 0.331 e. The van der Waals surface area contributed by atoms with Crippen molar-refractivity contribution in [2.45, 2.75) is 19.9 Å². The average molecular weight is 187 g/mol. The minimum Gasteiger partial charge on any atom is -0.466 e. The summed E-state index contributed by atoms with van der Waals surface area (Å²) < 4.78 is 4.44. The largest absolute Gasteiger partial charge is 0.466 e. The van der Waals surface area contributed by atoms with Crippen LogP contribution in [0.25, 0.3) is 0 Å². The summed E-state index contributed by atoms with van der Waals surface area (Å²) in [4.78, 5) is 12.6. The van der Waals surface area contributed by atoms with Crippen molar-refractivity contribution in [3.63, 3.8) is 0 Å². The van der Waals surface area contributed by atoms with Gasteiger partial charge in [-0.1, -0.05) is 0 Å². The van der Waals surface area contributed by atoms with E-state index in [4.69, 9.17) is 5.11 Å². The first-order chi connectivity index (χ1) is 6.11. The zero-order chi connectivity index (χ0) is 10.3. The summed E-state index contributed by atoms with van der Waals surface area (Å²) in [5.41, 5.74) is 0. The van der Waals surface area contributed by atoms with E-state index in [0.29, 0.717) is 6.54 Å². The van der Waals surface area contributed by atoms with Crippen LogP contribution in [0.15, 0.2) is 12.3 Å².